The highest BCUT2D eigenvalue weighted by Crippen LogP contribution is 2.35. The van der Waals surface area contributed by atoms with Crippen molar-refractivity contribution in [3.05, 3.63) is 65.2 Å². The summed E-state index contributed by atoms with van der Waals surface area (Å²) in [6.07, 6.45) is 0. The predicted octanol–water partition coefficient (Wildman–Crippen LogP) is 2.76. The van der Waals surface area contributed by atoms with Gasteiger partial charge >= 0.3 is 6.03 Å². The summed E-state index contributed by atoms with van der Waals surface area (Å²) in [5.41, 5.74) is 3.69. The van der Waals surface area contributed by atoms with Crippen LogP contribution < -0.4 is 4.90 Å². The maximum atomic E-state index is 13.4. The van der Waals surface area contributed by atoms with Crippen molar-refractivity contribution in [3.8, 4) is 0 Å². The summed E-state index contributed by atoms with van der Waals surface area (Å²) in [7, 11) is -3.29. The Kier molecular flexibility index (Phi) is 5.99. The predicted molar refractivity (Wildman–Crippen MR) is 124 cm³/mol. The molecule has 0 saturated carbocycles. The number of carbonyl (C=O) groups excluding carboxylic acids is 2. The number of anilines is 1. The highest BCUT2D eigenvalue weighted by molar-refractivity contribution is 7.91. The van der Waals surface area contributed by atoms with E-state index >= 15 is 0 Å². The Morgan fingerprint density at radius 2 is 1.66 bits per heavy atom. The molecule has 2 fully saturated rings. The van der Waals surface area contributed by atoms with Crippen LogP contribution in [0.2, 0.25) is 0 Å². The van der Waals surface area contributed by atoms with E-state index in [0.29, 0.717) is 18.8 Å². The van der Waals surface area contributed by atoms with Crippen LogP contribution in [0.3, 0.4) is 0 Å². The minimum absolute atomic E-state index is 0.0808. The van der Waals surface area contributed by atoms with E-state index in [2.05, 4.69) is 0 Å². The summed E-state index contributed by atoms with van der Waals surface area (Å²) in [6, 6.07) is 14.2. The lowest BCUT2D eigenvalue weighted by molar-refractivity contribution is -0.132. The summed E-state index contributed by atoms with van der Waals surface area (Å²) < 4.78 is 24.9. The van der Waals surface area contributed by atoms with Crippen molar-refractivity contribution in [1.82, 2.24) is 9.80 Å². The van der Waals surface area contributed by atoms with Gasteiger partial charge < -0.3 is 9.80 Å². The number of nitrogens with zero attached hydrogens (tertiary/aromatic N) is 3. The van der Waals surface area contributed by atoms with Crippen LogP contribution in [0, 0.1) is 13.8 Å². The first-order valence-electron chi connectivity index (χ1n) is 10.9. The molecule has 2 aliphatic rings. The van der Waals surface area contributed by atoms with Gasteiger partial charge in [0, 0.05) is 18.8 Å². The lowest BCUT2D eigenvalue weighted by Gasteiger charge is -2.26. The van der Waals surface area contributed by atoms with Crippen molar-refractivity contribution in [2.45, 2.75) is 39.4 Å². The fourth-order valence-corrected chi connectivity index (χ4v) is 6.73. The second-order valence-corrected chi connectivity index (χ2v) is 10.9. The molecule has 170 valence electrons. The van der Waals surface area contributed by atoms with Gasteiger partial charge in [-0.1, -0.05) is 36.4 Å². The van der Waals surface area contributed by atoms with Gasteiger partial charge in [0.2, 0.25) is 5.91 Å². The summed E-state index contributed by atoms with van der Waals surface area (Å²) >= 11 is 0. The molecule has 0 aromatic heterocycles. The molecule has 2 atom stereocenters. The van der Waals surface area contributed by atoms with E-state index in [4.69, 9.17) is 0 Å². The number of rotatable bonds is 6. The normalized spacial score (nSPS) is 21.7. The molecule has 0 spiro atoms. The van der Waals surface area contributed by atoms with Crippen LogP contribution in [0.5, 0.6) is 0 Å². The monoisotopic (exact) mass is 455 g/mol. The molecule has 2 heterocycles. The number of fused-ring (bicyclic) bond motifs is 1. The van der Waals surface area contributed by atoms with Gasteiger partial charge in [0.05, 0.1) is 23.6 Å². The topological polar surface area (TPSA) is 78.0 Å². The third-order valence-electron chi connectivity index (χ3n) is 6.22. The van der Waals surface area contributed by atoms with Crippen LogP contribution in [0.15, 0.2) is 48.5 Å². The molecular formula is C24H29N3O4S. The van der Waals surface area contributed by atoms with Crippen LogP contribution in [-0.4, -0.2) is 66.8 Å². The first kappa shape index (κ1) is 22.3. The first-order chi connectivity index (χ1) is 15.2. The molecule has 8 heteroatoms. The Morgan fingerprint density at radius 1 is 1.03 bits per heavy atom. The molecule has 0 radical (unpaired) electrons. The number of likely N-dealkylation sites (N-methyl/N-ethyl adjacent to an activating group) is 1. The molecule has 0 bridgehead atoms. The molecule has 7 nitrogen and oxygen atoms in total. The van der Waals surface area contributed by atoms with Crippen molar-refractivity contribution in [1.29, 1.82) is 0 Å². The van der Waals surface area contributed by atoms with Crippen LogP contribution in [-0.2, 0) is 21.2 Å². The fourth-order valence-electron chi connectivity index (χ4n) is 4.78. The molecule has 2 aromatic rings. The molecule has 2 aliphatic heterocycles. The van der Waals surface area contributed by atoms with Gasteiger partial charge in [-0.25, -0.2) is 13.2 Å². The molecule has 32 heavy (non-hydrogen) atoms. The number of hydrogen-bond donors (Lipinski definition) is 0. The van der Waals surface area contributed by atoms with E-state index in [1.165, 1.54) is 4.90 Å². The molecule has 2 saturated heterocycles. The van der Waals surface area contributed by atoms with Crippen molar-refractivity contribution in [2.24, 2.45) is 0 Å². The number of urea groups is 1. The number of hydrogen-bond acceptors (Lipinski definition) is 4. The maximum absolute atomic E-state index is 13.4. The Bertz CT molecular complexity index is 1110. The molecule has 4 rings (SSSR count). The van der Waals surface area contributed by atoms with E-state index in [1.807, 2.05) is 69.3 Å². The first-order valence-corrected chi connectivity index (χ1v) is 12.7. The molecule has 2 aromatic carbocycles. The Balaban J connectivity index is 1.60. The SMILES string of the molecule is CCN(Cc1ccccc1)C(=O)CN1C(=O)N(c2cc(C)cc(C)c2)[C@@H]2CS(=O)(=O)C[C@H]21. The molecular weight excluding hydrogens is 426 g/mol. The Hall–Kier alpha value is -2.87. The van der Waals surface area contributed by atoms with Crippen LogP contribution >= 0.6 is 0 Å². The zero-order chi connectivity index (χ0) is 23.0. The summed E-state index contributed by atoms with van der Waals surface area (Å²) in [5, 5.41) is 0. The quantitative estimate of drug-likeness (QED) is 0.628. The van der Waals surface area contributed by atoms with Crippen LogP contribution in [0.25, 0.3) is 0 Å². The number of sulfone groups is 1. The zero-order valence-corrected chi connectivity index (χ0v) is 19.5. The Morgan fingerprint density at radius 3 is 2.28 bits per heavy atom. The third kappa shape index (κ3) is 4.37. The van der Waals surface area contributed by atoms with Gasteiger partial charge in [-0.05, 0) is 49.6 Å². The number of amides is 3. The second kappa shape index (κ2) is 8.58. The minimum atomic E-state index is -3.29. The lowest BCUT2D eigenvalue weighted by atomic mass is 10.1. The molecule has 0 N–H and O–H groups in total. The van der Waals surface area contributed by atoms with E-state index in [-0.39, 0.29) is 30.0 Å². The van der Waals surface area contributed by atoms with E-state index in [0.717, 1.165) is 16.7 Å². The largest absolute Gasteiger partial charge is 0.337 e. The molecule has 3 amide bonds. The number of benzene rings is 2. The minimum Gasteiger partial charge on any atom is -0.337 e. The Labute approximate surface area is 189 Å². The molecule has 0 aliphatic carbocycles. The zero-order valence-electron chi connectivity index (χ0n) is 18.7. The smallest absolute Gasteiger partial charge is 0.325 e. The maximum Gasteiger partial charge on any atom is 0.325 e. The van der Waals surface area contributed by atoms with Crippen molar-refractivity contribution >= 4 is 27.5 Å². The van der Waals surface area contributed by atoms with Crippen molar-refractivity contribution in [3.63, 3.8) is 0 Å². The second-order valence-electron chi connectivity index (χ2n) is 8.73. The average Bonchev–Trinajstić information content (AvgIpc) is 3.16. The van der Waals surface area contributed by atoms with Gasteiger partial charge in [-0.3, -0.25) is 9.69 Å². The van der Waals surface area contributed by atoms with Gasteiger partial charge in [0.25, 0.3) is 0 Å². The van der Waals surface area contributed by atoms with E-state index in [9.17, 15) is 18.0 Å². The van der Waals surface area contributed by atoms with Crippen LogP contribution in [0.4, 0.5) is 10.5 Å². The van der Waals surface area contributed by atoms with Crippen LogP contribution in [0.1, 0.15) is 23.6 Å². The summed E-state index contributed by atoms with van der Waals surface area (Å²) in [4.78, 5) is 31.3. The lowest BCUT2D eigenvalue weighted by Crippen LogP contribution is -2.45. The van der Waals surface area contributed by atoms with Crippen molar-refractivity contribution < 1.29 is 18.0 Å². The van der Waals surface area contributed by atoms with Gasteiger partial charge in [0.1, 0.15) is 6.54 Å². The van der Waals surface area contributed by atoms with E-state index in [1.54, 1.807) is 9.80 Å². The highest BCUT2D eigenvalue weighted by Gasteiger charge is 2.54. The van der Waals surface area contributed by atoms with Gasteiger partial charge in [-0.2, -0.15) is 0 Å². The molecule has 0 unspecified atom stereocenters. The van der Waals surface area contributed by atoms with E-state index < -0.39 is 21.9 Å². The third-order valence-corrected chi connectivity index (χ3v) is 7.92. The fraction of sp³-hybridized carbons (Fsp3) is 0.417. The van der Waals surface area contributed by atoms with Gasteiger partial charge in [-0.15, -0.1) is 0 Å². The van der Waals surface area contributed by atoms with Crippen molar-refractivity contribution in [2.75, 3.05) is 29.5 Å². The number of aryl methyl sites for hydroxylation is 2. The summed E-state index contributed by atoms with van der Waals surface area (Å²) in [5.74, 6) is -0.374. The average molecular weight is 456 g/mol. The standard InChI is InChI=1S/C24H29N3O4S/c1-4-25(13-19-8-6-5-7-9-19)23(28)14-26-21-15-32(30,31)16-22(21)27(24(26)29)20-11-17(2)10-18(3)12-20/h5-12,21-22H,4,13-16H2,1-3H3/t21-,22-/m1/s1. The summed E-state index contributed by atoms with van der Waals surface area (Å²) in [6.45, 7) is 6.62. The van der Waals surface area contributed by atoms with Gasteiger partial charge in [0.15, 0.2) is 9.84 Å². The highest BCUT2D eigenvalue weighted by atomic mass is 32.2. The number of carbonyl (C=O) groups is 2.